The molecule has 3 aromatic heterocycles. The van der Waals surface area contributed by atoms with Gasteiger partial charge in [0, 0.05) is 32.7 Å². The molecule has 0 unspecified atom stereocenters. The molecule has 0 saturated heterocycles. The molecule has 8 aromatic carbocycles. The molecule has 0 aliphatic carbocycles. The van der Waals surface area contributed by atoms with E-state index < -0.39 is 0 Å². The van der Waals surface area contributed by atoms with Crippen LogP contribution in [0, 0.1) is 0 Å². The van der Waals surface area contributed by atoms with Crippen molar-refractivity contribution in [2.75, 3.05) is 0 Å². The molecule has 0 aliphatic rings. The van der Waals surface area contributed by atoms with Crippen LogP contribution >= 0.6 is 0 Å². The van der Waals surface area contributed by atoms with Crippen molar-refractivity contribution >= 4 is 43.6 Å². The van der Waals surface area contributed by atoms with Gasteiger partial charge in [-0.1, -0.05) is 158 Å². The maximum atomic E-state index is 5.39. The summed E-state index contributed by atoms with van der Waals surface area (Å²) in [4.78, 5) is 16.1. The minimum atomic E-state index is 0.565. The van der Waals surface area contributed by atoms with Crippen LogP contribution in [0.4, 0.5) is 0 Å². The van der Waals surface area contributed by atoms with E-state index in [1.54, 1.807) is 0 Å². The molecule has 56 heavy (non-hydrogen) atoms. The highest BCUT2D eigenvalue weighted by atomic mass is 15.2. The van der Waals surface area contributed by atoms with Crippen molar-refractivity contribution in [3.63, 3.8) is 0 Å². The van der Waals surface area contributed by atoms with Crippen LogP contribution in [0.2, 0.25) is 0 Å². The van der Waals surface area contributed by atoms with Gasteiger partial charge < -0.3 is 4.57 Å². The van der Waals surface area contributed by atoms with Gasteiger partial charge in [-0.05, 0) is 64.7 Å². The third-order valence-corrected chi connectivity index (χ3v) is 10.8. The van der Waals surface area contributed by atoms with E-state index in [0.717, 1.165) is 60.8 Å². The second-order valence-electron chi connectivity index (χ2n) is 14.0. The van der Waals surface area contributed by atoms with Crippen molar-refractivity contribution in [2.24, 2.45) is 0 Å². The Kier molecular flexibility index (Phi) is 7.42. The standard InChI is InChI=1S/C51H33N5/c1-3-17-34(18-4-1)36-31-32-48-43(33-36)40-24-11-13-27-44(40)55(48)47-30-16-12-26-42(47)50-52-49(41-25-8-7-21-37(41)35-19-5-2-6-20-35)53-51(54-50)56-45-28-14-9-22-38(45)39-23-10-15-29-46(39)56/h1-33H. The van der Waals surface area contributed by atoms with Crippen LogP contribution in [0.3, 0.4) is 0 Å². The van der Waals surface area contributed by atoms with E-state index in [1.807, 2.05) is 6.07 Å². The van der Waals surface area contributed by atoms with Crippen LogP contribution in [0.25, 0.3) is 100 Å². The third kappa shape index (κ3) is 5.13. The lowest BCUT2D eigenvalue weighted by atomic mass is 9.99. The van der Waals surface area contributed by atoms with E-state index in [9.17, 15) is 0 Å². The number of rotatable bonds is 6. The monoisotopic (exact) mass is 715 g/mol. The molecular formula is C51H33N5. The van der Waals surface area contributed by atoms with Gasteiger partial charge in [0.2, 0.25) is 5.95 Å². The third-order valence-electron chi connectivity index (χ3n) is 10.8. The van der Waals surface area contributed by atoms with E-state index in [0.29, 0.717) is 17.6 Å². The quantitative estimate of drug-likeness (QED) is 0.172. The van der Waals surface area contributed by atoms with Gasteiger partial charge in [-0.3, -0.25) is 4.57 Å². The lowest BCUT2D eigenvalue weighted by Gasteiger charge is -2.16. The van der Waals surface area contributed by atoms with Crippen molar-refractivity contribution in [1.82, 2.24) is 24.1 Å². The summed E-state index contributed by atoms with van der Waals surface area (Å²) in [6.07, 6.45) is 0. The first-order valence-electron chi connectivity index (χ1n) is 18.9. The van der Waals surface area contributed by atoms with Gasteiger partial charge in [0.05, 0.1) is 27.8 Å². The summed E-state index contributed by atoms with van der Waals surface area (Å²) in [5, 5.41) is 4.68. The number of fused-ring (bicyclic) bond motifs is 6. The summed E-state index contributed by atoms with van der Waals surface area (Å²) in [6, 6.07) is 70.3. The largest absolute Gasteiger partial charge is 0.309 e. The van der Waals surface area contributed by atoms with Crippen LogP contribution in [-0.4, -0.2) is 24.1 Å². The summed E-state index contributed by atoms with van der Waals surface area (Å²) >= 11 is 0. The van der Waals surface area contributed by atoms with Crippen LogP contribution in [0.1, 0.15) is 0 Å². The first-order chi connectivity index (χ1) is 27.8. The smallest absolute Gasteiger partial charge is 0.238 e. The lowest BCUT2D eigenvalue weighted by Crippen LogP contribution is -2.08. The Morgan fingerprint density at radius 3 is 1.41 bits per heavy atom. The molecule has 0 amide bonds. The molecule has 5 nitrogen and oxygen atoms in total. The second-order valence-corrected chi connectivity index (χ2v) is 14.0. The minimum Gasteiger partial charge on any atom is -0.309 e. The Labute approximate surface area is 323 Å². The average Bonchev–Trinajstić information content (AvgIpc) is 3.79. The number of hydrogen-bond acceptors (Lipinski definition) is 3. The first-order valence-corrected chi connectivity index (χ1v) is 18.9. The van der Waals surface area contributed by atoms with Crippen molar-refractivity contribution in [2.45, 2.75) is 0 Å². The topological polar surface area (TPSA) is 48.5 Å². The van der Waals surface area contributed by atoms with Crippen molar-refractivity contribution < 1.29 is 0 Å². The molecule has 0 bridgehead atoms. The van der Waals surface area contributed by atoms with Gasteiger partial charge in [0.25, 0.3) is 0 Å². The Bertz CT molecular complexity index is 3200. The number of para-hydroxylation sites is 4. The van der Waals surface area contributed by atoms with Crippen LogP contribution in [0.5, 0.6) is 0 Å². The molecule has 0 saturated carbocycles. The Balaban J connectivity index is 1.19. The minimum absolute atomic E-state index is 0.565. The normalized spacial score (nSPS) is 11.6. The van der Waals surface area contributed by atoms with Crippen molar-refractivity contribution in [3.8, 4) is 56.7 Å². The zero-order valence-corrected chi connectivity index (χ0v) is 30.3. The fourth-order valence-corrected chi connectivity index (χ4v) is 8.29. The summed E-state index contributed by atoms with van der Waals surface area (Å²) in [5.41, 5.74) is 11.7. The lowest BCUT2D eigenvalue weighted by molar-refractivity contribution is 0.952. The predicted octanol–water partition coefficient (Wildman–Crippen LogP) is 12.7. The van der Waals surface area contributed by atoms with E-state index in [-0.39, 0.29) is 0 Å². The summed E-state index contributed by atoms with van der Waals surface area (Å²) in [5.74, 6) is 1.77. The SMILES string of the molecule is c1ccc(-c2ccc3c(c2)c2ccccc2n3-c2ccccc2-c2nc(-c3ccccc3-c3ccccc3)nc(-n3c4ccccc4c4ccccc43)n2)cc1. The maximum Gasteiger partial charge on any atom is 0.238 e. The van der Waals surface area contributed by atoms with Crippen LogP contribution in [0.15, 0.2) is 200 Å². The molecule has 0 aliphatic heterocycles. The van der Waals surface area contributed by atoms with E-state index in [2.05, 4.69) is 203 Å². The van der Waals surface area contributed by atoms with Gasteiger partial charge in [-0.25, -0.2) is 4.98 Å². The summed E-state index contributed by atoms with van der Waals surface area (Å²) < 4.78 is 4.54. The summed E-state index contributed by atoms with van der Waals surface area (Å²) in [6.45, 7) is 0. The Hall–Kier alpha value is -7.63. The Morgan fingerprint density at radius 2 is 0.750 bits per heavy atom. The molecule has 262 valence electrons. The fraction of sp³-hybridized carbons (Fsp3) is 0. The number of nitrogens with zero attached hydrogens (tertiary/aromatic N) is 5. The molecule has 11 rings (SSSR count). The van der Waals surface area contributed by atoms with Crippen LogP contribution in [-0.2, 0) is 0 Å². The predicted molar refractivity (Wildman–Crippen MR) is 230 cm³/mol. The molecule has 0 N–H and O–H groups in total. The molecule has 0 radical (unpaired) electrons. The van der Waals surface area contributed by atoms with Crippen molar-refractivity contribution in [1.29, 1.82) is 0 Å². The van der Waals surface area contributed by atoms with Gasteiger partial charge in [-0.15, -0.1) is 0 Å². The van der Waals surface area contributed by atoms with E-state index in [1.165, 1.54) is 21.9 Å². The molecule has 0 atom stereocenters. The van der Waals surface area contributed by atoms with Gasteiger partial charge >= 0.3 is 0 Å². The van der Waals surface area contributed by atoms with Gasteiger partial charge in [0.1, 0.15) is 0 Å². The molecule has 11 aromatic rings. The number of hydrogen-bond donors (Lipinski definition) is 0. The molecular weight excluding hydrogens is 683 g/mol. The number of aromatic nitrogens is 5. The van der Waals surface area contributed by atoms with E-state index in [4.69, 9.17) is 15.0 Å². The molecule has 0 spiro atoms. The number of benzene rings is 8. The molecule has 5 heteroatoms. The zero-order chi connectivity index (χ0) is 37.0. The van der Waals surface area contributed by atoms with Crippen molar-refractivity contribution in [3.05, 3.63) is 200 Å². The Morgan fingerprint density at radius 1 is 0.286 bits per heavy atom. The van der Waals surface area contributed by atoms with Gasteiger partial charge in [0.15, 0.2) is 11.6 Å². The zero-order valence-electron chi connectivity index (χ0n) is 30.3. The maximum absolute atomic E-state index is 5.39. The second kappa shape index (κ2) is 13.0. The molecule has 0 fully saturated rings. The molecule has 3 heterocycles. The summed E-state index contributed by atoms with van der Waals surface area (Å²) in [7, 11) is 0. The van der Waals surface area contributed by atoms with Gasteiger partial charge in [-0.2, -0.15) is 9.97 Å². The fourth-order valence-electron chi connectivity index (χ4n) is 8.29. The highest BCUT2D eigenvalue weighted by Crippen LogP contribution is 2.39. The first kappa shape index (κ1) is 31.9. The highest BCUT2D eigenvalue weighted by Gasteiger charge is 2.22. The average molecular weight is 716 g/mol. The van der Waals surface area contributed by atoms with Crippen LogP contribution < -0.4 is 0 Å². The highest BCUT2D eigenvalue weighted by molar-refractivity contribution is 6.11. The van der Waals surface area contributed by atoms with E-state index >= 15 is 0 Å².